The number of unbranched alkanes of at least 4 members (excludes halogenated alkanes) is 15. The Labute approximate surface area is 254 Å². The first-order valence-corrected chi connectivity index (χ1v) is 18.2. The van der Waals surface area contributed by atoms with E-state index in [2.05, 4.69) is 30.6 Å². The fraction of sp³-hybridized carbons (Fsp3) is 0.800. The van der Waals surface area contributed by atoms with Crippen LogP contribution in [0.3, 0.4) is 0 Å². The second-order valence-corrected chi connectivity index (χ2v) is 13.2. The zero-order valence-corrected chi connectivity index (χ0v) is 27.5. The summed E-state index contributed by atoms with van der Waals surface area (Å²) in [7, 11) is -10.7. The van der Waals surface area contributed by atoms with Gasteiger partial charge in [0.2, 0.25) is 11.1 Å². The number of benzene rings is 1. The minimum absolute atomic E-state index is 0.420. The van der Waals surface area contributed by atoms with Crippen molar-refractivity contribution in [3.05, 3.63) is 22.1 Å². The van der Waals surface area contributed by atoms with Crippen molar-refractivity contribution < 1.29 is 29.9 Å². The standard InChI is InChI=1S/C30H53ClN3O.F6P/c1-4-7-10-13-16-19-24-34(25-20-17-14-11-8-5-2)28-23-22-27(33-32)30(29(28)31)35-26-21-18-15-12-9-6-3;1-7(2,3,4,5)6/h22-23H,4-21,24-26H2,1-3H3;/q+1;-1. The third-order valence-corrected chi connectivity index (χ3v) is 7.18. The molecule has 0 radical (unpaired) electrons. The van der Waals surface area contributed by atoms with Gasteiger partial charge in [-0.05, 0) is 25.3 Å². The molecule has 0 amide bonds. The van der Waals surface area contributed by atoms with Gasteiger partial charge in [-0.2, -0.15) is 0 Å². The molecule has 1 aromatic rings. The SMILES string of the molecule is CCCCCCCCOc1c([N+]#N)ccc(N(CCCCCCCC)CCCCCCCC)c1Cl.F[P-](F)(F)(F)(F)F. The van der Waals surface area contributed by atoms with Crippen LogP contribution in [0.2, 0.25) is 5.02 Å². The molecule has 0 bridgehead atoms. The van der Waals surface area contributed by atoms with Crippen LogP contribution in [0.1, 0.15) is 136 Å². The molecule has 0 fully saturated rings. The van der Waals surface area contributed by atoms with Crippen LogP contribution in [-0.4, -0.2) is 19.7 Å². The molecule has 0 unspecified atom stereocenters. The molecule has 42 heavy (non-hydrogen) atoms. The van der Waals surface area contributed by atoms with E-state index in [1.54, 1.807) is 0 Å². The van der Waals surface area contributed by atoms with Gasteiger partial charge in [-0.25, -0.2) is 0 Å². The van der Waals surface area contributed by atoms with Crippen LogP contribution in [0.15, 0.2) is 12.1 Å². The van der Waals surface area contributed by atoms with Crippen molar-refractivity contribution in [3.63, 3.8) is 0 Å². The van der Waals surface area contributed by atoms with Crippen molar-refractivity contribution in [3.8, 4) is 5.75 Å². The predicted octanol–water partition coefficient (Wildman–Crippen LogP) is 14.5. The normalized spacial score (nSPS) is 13.0. The summed E-state index contributed by atoms with van der Waals surface area (Å²) < 4.78 is 65.3. The third kappa shape index (κ3) is 25.1. The first-order valence-electron chi connectivity index (χ1n) is 15.8. The quantitative estimate of drug-likeness (QED) is 0.0511. The Bertz CT molecular complexity index is 870. The van der Waals surface area contributed by atoms with E-state index in [4.69, 9.17) is 16.3 Å². The zero-order chi connectivity index (χ0) is 32.0. The molecule has 0 saturated carbocycles. The molecular formula is C30H53ClF6N3OP. The summed E-state index contributed by atoms with van der Waals surface area (Å²) in [6, 6.07) is 3.84. The number of anilines is 1. The second-order valence-electron chi connectivity index (χ2n) is 10.9. The van der Waals surface area contributed by atoms with Gasteiger partial charge in [-0.15, -0.1) is 0 Å². The number of rotatable bonds is 23. The Morgan fingerprint density at radius 2 is 1.05 bits per heavy atom. The Balaban J connectivity index is 0.00000212. The number of diazo groups is 1. The van der Waals surface area contributed by atoms with E-state index >= 15 is 0 Å². The fourth-order valence-electron chi connectivity index (χ4n) is 4.57. The Kier molecular flexibility index (Phi) is 19.8. The van der Waals surface area contributed by atoms with Gasteiger partial charge in [-0.1, -0.05) is 129 Å². The molecule has 12 heteroatoms. The van der Waals surface area contributed by atoms with Gasteiger partial charge in [0.25, 0.3) is 0 Å². The molecule has 1 aromatic carbocycles. The molecule has 0 aliphatic rings. The summed E-state index contributed by atoms with van der Waals surface area (Å²) in [5, 5.41) is 10.1. The number of hydrogen-bond acceptors (Lipinski definition) is 3. The summed E-state index contributed by atoms with van der Waals surface area (Å²) >= 11 is 6.89. The molecule has 0 atom stereocenters. The monoisotopic (exact) mass is 651 g/mol. The van der Waals surface area contributed by atoms with Crippen LogP contribution in [0.25, 0.3) is 4.98 Å². The zero-order valence-electron chi connectivity index (χ0n) is 25.8. The molecule has 248 valence electrons. The van der Waals surface area contributed by atoms with Crippen LogP contribution >= 0.6 is 19.4 Å². The first kappa shape index (κ1) is 40.5. The topological polar surface area (TPSA) is 40.6 Å². The number of nitrogens with zero attached hydrogens (tertiary/aromatic N) is 3. The Morgan fingerprint density at radius 1 is 0.667 bits per heavy atom. The van der Waals surface area contributed by atoms with Gasteiger partial charge >= 0.3 is 38.7 Å². The van der Waals surface area contributed by atoms with E-state index in [1.807, 2.05) is 12.1 Å². The van der Waals surface area contributed by atoms with E-state index in [0.29, 0.717) is 23.1 Å². The second kappa shape index (κ2) is 20.5. The van der Waals surface area contributed by atoms with Crippen molar-refractivity contribution in [2.75, 3.05) is 24.6 Å². The molecule has 1 rings (SSSR count). The Morgan fingerprint density at radius 3 is 1.45 bits per heavy atom. The van der Waals surface area contributed by atoms with Gasteiger partial charge in [0.15, 0.2) is 4.98 Å². The van der Waals surface area contributed by atoms with Crippen molar-refractivity contribution in [2.24, 2.45) is 0 Å². The number of ether oxygens (including phenoxy) is 1. The maximum absolute atomic E-state index is 10.7. The summed E-state index contributed by atoms with van der Waals surface area (Å²) in [6.07, 6.45) is 22.6. The Hall–Kier alpha value is -1.46. The molecule has 0 aliphatic carbocycles. The van der Waals surface area contributed by atoms with Crippen LogP contribution in [0.5, 0.6) is 5.75 Å². The predicted molar refractivity (Wildman–Crippen MR) is 168 cm³/mol. The van der Waals surface area contributed by atoms with Gasteiger partial charge < -0.3 is 9.64 Å². The summed E-state index contributed by atoms with van der Waals surface area (Å²) in [5.74, 6) is 0.524. The van der Waals surface area contributed by atoms with E-state index in [-0.39, 0.29) is 0 Å². The average Bonchev–Trinajstić information content (AvgIpc) is 2.90. The molecule has 0 aliphatic heterocycles. The number of halogens is 7. The molecule has 0 aromatic heterocycles. The maximum atomic E-state index is 9.87. The van der Waals surface area contributed by atoms with Crippen molar-refractivity contribution >= 4 is 30.8 Å². The van der Waals surface area contributed by atoms with Gasteiger partial charge in [-0.3, -0.25) is 0 Å². The van der Waals surface area contributed by atoms with E-state index in [1.165, 1.54) is 103 Å². The number of hydrogen-bond donors (Lipinski definition) is 0. The minimum atomic E-state index is -10.7. The molecule has 0 heterocycles. The summed E-state index contributed by atoms with van der Waals surface area (Å²) in [5.41, 5.74) is 1.43. The van der Waals surface area contributed by atoms with Crippen molar-refractivity contribution in [2.45, 2.75) is 136 Å². The van der Waals surface area contributed by atoms with Crippen LogP contribution < -0.4 is 9.64 Å². The van der Waals surface area contributed by atoms with E-state index in [0.717, 1.165) is 31.6 Å². The van der Waals surface area contributed by atoms with Gasteiger partial charge in [0.05, 0.1) is 12.3 Å². The molecular weight excluding hydrogens is 599 g/mol. The van der Waals surface area contributed by atoms with E-state index < -0.39 is 7.81 Å². The molecule has 0 spiro atoms. The molecule has 0 N–H and O–H groups in total. The van der Waals surface area contributed by atoms with Crippen LogP contribution in [-0.2, 0) is 0 Å². The summed E-state index contributed by atoms with van der Waals surface area (Å²) in [6.45, 7) is 9.38. The first-order chi connectivity index (χ1) is 19.6. The fourth-order valence-corrected chi connectivity index (χ4v) is 4.90. The average molecular weight is 652 g/mol. The molecule has 0 saturated heterocycles. The van der Waals surface area contributed by atoms with Gasteiger partial charge in [0, 0.05) is 19.2 Å². The third-order valence-electron chi connectivity index (χ3n) is 6.81. The van der Waals surface area contributed by atoms with Crippen molar-refractivity contribution in [1.82, 2.24) is 0 Å². The van der Waals surface area contributed by atoms with Gasteiger partial charge in [0.1, 0.15) is 5.02 Å². The van der Waals surface area contributed by atoms with Crippen LogP contribution in [0.4, 0.5) is 36.6 Å². The summed E-state index contributed by atoms with van der Waals surface area (Å²) in [4.78, 5) is 5.88. The van der Waals surface area contributed by atoms with E-state index in [9.17, 15) is 30.6 Å². The molecule has 4 nitrogen and oxygen atoms in total. The van der Waals surface area contributed by atoms with Crippen LogP contribution in [0, 0.1) is 5.39 Å². The van der Waals surface area contributed by atoms with Crippen molar-refractivity contribution in [1.29, 1.82) is 5.39 Å².